The summed E-state index contributed by atoms with van der Waals surface area (Å²) < 4.78 is 45.1. The molecule has 5 nitrogen and oxygen atoms in total. The summed E-state index contributed by atoms with van der Waals surface area (Å²) in [6.45, 7) is 0. The monoisotopic (exact) mass is 439 g/mol. The topological polar surface area (TPSA) is 68.0 Å². The second kappa shape index (κ2) is 7.21. The number of halogens is 3. The van der Waals surface area contributed by atoms with Gasteiger partial charge in [-0.15, -0.1) is 11.3 Å². The molecule has 0 radical (unpaired) electrons. The molecule has 0 aliphatic heterocycles. The van der Waals surface area contributed by atoms with Gasteiger partial charge in [0, 0.05) is 23.5 Å². The molecule has 0 bridgehead atoms. The molecule has 5 aromatic rings. The van der Waals surface area contributed by atoms with Crippen LogP contribution in [-0.4, -0.2) is 15.9 Å². The van der Waals surface area contributed by atoms with Crippen molar-refractivity contribution in [3.8, 4) is 11.3 Å². The highest BCUT2D eigenvalue weighted by atomic mass is 32.1. The third kappa shape index (κ3) is 3.53. The lowest BCUT2D eigenvalue weighted by Crippen LogP contribution is -2.11. The first-order chi connectivity index (χ1) is 14.9. The van der Waals surface area contributed by atoms with E-state index in [1.54, 1.807) is 30.5 Å². The predicted molar refractivity (Wildman–Crippen MR) is 112 cm³/mol. The zero-order chi connectivity index (χ0) is 21.6. The van der Waals surface area contributed by atoms with Crippen LogP contribution in [-0.2, 0) is 6.18 Å². The maximum absolute atomic E-state index is 13.1. The summed E-state index contributed by atoms with van der Waals surface area (Å²) in [5.74, 6) is -0.123. The summed E-state index contributed by atoms with van der Waals surface area (Å²) in [5.41, 5.74) is 0.982. The number of hydrogen-bond acceptors (Lipinski definition) is 5. The fourth-order valence-corrected chi connectivity index (χ4v) is 4.38. The SMILES string of the molecule is O=C(Nc1ccc2cccnc2c1)c1sc2cc(C(F)(F)F)cnc2c1-c1ccco1. The first-order valence-corrected chi connectivity index (χ1v) is 9.91. The Labute approximate surface area is 177 Å². The van der Waals surface area contributed by atoms with Gasteiger partial charge in [0.2, 0.25) is 0 Å². The number of benzene rings is 1. The van der Waals surface area contributed by atoms with Crippen molar-refractivity contribution in [1.82, 2.24) is 9.97 Å². The average Bonchev–Trinajstić information content (AvgIpc) is 3.40. The summed E-state index contributed by atoms with van der Waals surface area (Å²) in [6.07, 6.45) is -0.687. The van der Waals surface area contributed by atoms with Gasteiger partial charge in [0.25, 0.3) is 5.91 Å². The molecule has 154 valence electrons. The maximum Gasteiger partial charge on any atom is 0.417 e. The molecule has 0 aliphatic carbocycles. The number of carbonyl (C=O) groups is 1. The number of aromatic nitrogens is 2. The number of amides is 1. The van der Waals surface area contributed by atoms with E-state index in [2.05, 4.69) is 15.3 Å². The fraction of sp³-hybridized carbons (Fsp3) is 0.0455. The highest BCUT2D eigenvalue weighted by Gasteiger charge is 2.32. The summed E-state index contributed by atoms with van der Waals surface area (Å²) in [4.78, 5) is 21.6. The molecular weight excluding hydrogens is 427 g/mol. The van der Waals surface area contributed by atoms with Gasteiger partial charge in [-0.3, -0.25) is 14.8 Å². The number of carbonyl (C=O) groups excluding carboxylic acids is 1. The van der Waals surface area contributed by atoms with Crippen LogP contribution in [0.2, 0.25) is 0 Å². The standard InChI is InChI=1S/C22H12F3N3O2S/c23-22(24,25)13-9-17-19(27-11-13)18(16-4-2-8-30-16)20(31-17)21(29)28-14-6-5-12-3-1-7-26-15(12)10-14/h1-11H,(H,28,29). The molecule has 5 rings (SSSR count). The van der Waals surface area contributed by atoms with E-state index in [4.69, 9.17) is 4.42 Å². The van der Waals surface area contributed by atoms with Gasteiger partial charge in [0.05, 0.1) is 33.1 Å². The number of anilines is 1. The van der Waals surface area contributed by atoms with E-state index >= 15 is 0 Å². The molecule has 0 saturated heterocycles. The molecule has 0 unspecified atom stereocenters. The predicted octanol–water partition coefficient (Wildman–Crippen LogP) is 6.38. The molecule has 0 spiro atoms. The number of furan rings is 1. The van der Waals surface area contributed by atoms with E-state index < -0.39 is 17.6 Å². The van der Waals surface area contributed by atoms with E-state index in [0.29, 0.717) is 22.5 Å². The Kier molecular flexibility index (Phi) is 4.48. The molecule has 1 N–H and O–H groups in total. The van der Waals surface area contributed by atoms with Crippen LogP contribution < -0.4 is 5.32 Å². The van der Waals surface area contributed by atoms with Crippen LogP contribution >= 0.6 is 11.3 Å². The van der Waals surface area contributed by atoms with Gasteiger partial charge in [0.15, 0.2) is 0 Å². The third-order valence-electron chi connectivity index (χ3n) is 4.69. The minimum absolute atomic E-state index is 0.206. The number of nitrogens with zero attached hydrogens (tertiary/aromatic N) is 2. The number of nitrogens with one attached hydrogen (secondary N) is 1. The molecule has 1 aromatic carbocycles. The van der Waals surface area contributed by atoms with E-state index in [9.17, 15) is 18.0 Å². The van der Waals surface area contributed by atoms with Crippen molar-refractivity contribution in [3.05, 3.63) is 77.6 Å². The van der Waals surface area contributed by atoms with Crippen molar-refractivity contribution in [2.45, 2.75) is 6.18 Å². The maximum atomic E-state index is 13.1. The van der Waals surface area contributed by atoms with E-state index in [1.807, 2.05) is 18.2 Å². The molecule has 0 fully saturated rings. The lowest BCUT2D eigenvalue weighted by atomic mass is 10.1. The van der Waals surface area contributed by atoms with Crippen LogP contribution in [0.1, 0.15) is 15.2 Å². The molecule has 0 aliphatic rings. The lowest BCUT2D eigenvalue weighted by Gasteiger charge is -2.07. The Morgan fingerprint density at radius 1 is 1.06 bits per heavy atom. The largest absolute Gasteiger partial charge is 0.464 e. The van der Waals surface area contributed by atoms with Gasteiger partial charge in [-0.2, -0.15) is 13.2 Å². The molecule has 1 amide bonds. The first kappa shape index (κ1) is 19.3. The molecule has 9 heteroatoms. The Morgan fingerprint density at radius 3 is 2.71 bits per heavy atom. The third-order valence-corrected chi connectivity index (χ3v) is 5.82. The van der Waals surface area contributed by atoms with Gasteiger partial charge < -0.3 is 9.73 Å². The zero-order valence-electron chi connectivity index (χ0n) is 15.6. The normalized spacial score (nSPS) is 11.8. The molecular formula is C22H12F3N3O2S. The van der Waals surface area contributed by atoms with Gasteiger partial charge >= 0.3 is 6.18 Å². The Balaban J connectivity index is 1.60. The second-order valence-corrected chi connectivity index (χ2v) is 7.77. The minimum atomic E-state index is -4.53. The second-order valence-electron chi connectivity index (χ2n) is 6.72. The van der Waals surface area contributed by atoms with Gasteiger partial charge in [-0.25, -0.2) is 0 Å². The van der Waals surface area contributed by atoms with Gasteiger partial charge in [0.1, 0.15) is 10.6 Å². The highest BCUT2D eigenvalue weighted by Crippen LogP contribution is 2.40. The molecule has 0 saturated carbocycles. The number of fused-ring (bicyclic) bond motifs is 2. The van der Waals surface area contributed by atoms with Crippen LogP contribution in [0, 0.1) is 0 Å². The van der Waals surface area contributed by atoms with Crippen molar-refractivity contribution in [3.63, 3.8) is 0 Å². The van der Waals surface area contributed by atoms with E-state index in [1.165, 1.54) is 6.26 Å². The zero-order valence-corrected chi connectivity index (χ0v) is 16.4. The quantitative estimate of drug-likeness (QED) is 0.354. The summed E-state index contributed by atoms with van der Waals surface area (Å²) in [5, 5.41) is 3.72. The molecule has 31 heavy (non-hydrogen) atoms. The first-order valence-electron chi connectivity index (χ1n) is 9.10. The number of alkyl halides is 3. The molecule has 4 heterocycles. The van der Waals surface area contributed by atoms with Crippen molar-refractivity contribution >= 4 is 44.1 Å². The van der Waals surface area contributed by atoms with Gasteiger partial charge in [-0.1, -0.05) is 12.1 Å². The van der Waals surface area contributed by atoms with Crippen LogP contribution in [0.15, 0.2) is 71.6 Å². The number of rotatable bonds is 3. The number of pyridine rings is 2. The number of thiophene rings is 1. The lowest BCUT2D eigenvalue weighted by molar-refractivity contribution is -0.137. The van der Waals surface area contributed by atoms with Crippen LogP contribution in [0.25, 0.3) is 32.4 Å². The highest BCUT2D eigenvalue weighted by molar-refractivity contribution is 7.21. The summed E-state index contributed by atoms with van der Waals surface area (Å²) >= 11 is 0.933. The average molecular weight is 439 g/mol. The Bertz CT molecular complexity index is 1430. The Hall–Kier alpha value is -3.72. The minimum Gasteiger partial charge on any atom is -0.464 e. The van der Waals surface area contributed by atoms with Crippen LogP contribution in [0.5, 0.6) is 0 Å². The van der Waals surface area contributed by atoms with Crippen LogP contribution in [0.3, 0.4) is 0 Å². The summed E-state index contributed by atoms with van der Waals surface area (Å²) in [7, 11) is 0. The smallest absolute Gasteiger partial charge is 0.417 e. The van der Waals surface area contributed by atoms with Crippen molar-refractivity contribution in [2.75, 3.05) is 5.32 Å². The fourth-order valence-electron chi connectivity index (χ4n) is 3.28. The van der Waals surface area contributed by atoms with Gasteiger partial charge in [-0.05, 0) is 36.4 Å². The Morgan fingerprint density at radius 2 is 1.94 bits per heavy atom. The van der Waals surface area contributed by atoms with E-state index in [0.717, 1.165) is 29.0 Å². The molecule has 4 aromatic heterocycles. The van der Waals surface area contributed by atoms with Crippen LogP contribution in [0.4, 0.5) is 18.9 Å². The van der Waals surface area contributed by atoms with Crippen molar-refractivity contribution in [1.29, 1.82) is 0 Å². The molecule has 0 atom stereocenters. The summed E-state index contributed by atoms with van der Waals surface area (Å²) in [6, 6.07) is 13.3. The van der Waals surface area contributed by atoms with Crippen molar-refractivity contribution in [2.24, 2.45) is 0 Å². The van der Waals surface area contributed by atoms with E-state index in [-0.39, 0.29) is 15.1 Å². The van der Waals surface area contributed by atoms with Crippen molar-refractivity contribution < 1.29 is 22.4 Å². The number of hydrogen-bond donors (Lipinski definition) is 1.